The van der Waals surface area contributed by atoms with E-state index in [1.165, 1.54) is 6.07 Å². The number of amides is 1. The summed E-state index contributed by atoms with van der Waals surface area (Å²) in [5, 5.41) is 3.65. The second-order valence-corrected chi connectivity index (χ2v) is 6.40. The summed E-state index contributed by atoms with van der Waals surface area (Å²) in [7, 11) is 0. The molecule has 140 valence electrons. The quantitative estimate of drug-likeness (QED) is 0.579. The van der Waals surface area contributed by atoms with Crippen LogP contribution >= 0.6 is 0 Å². The van der Waals surface area contributed by atoms with Crippen molar-refractivity contribution in [3.05, 3.63) is 71.7 Å². The molecule has 0 saturated heterocycles. The maximum Gasteiger partial charge on any atom is 0.251 e. The summed E-state index contributed by atoms with van der Waals surface area (Å²) in [5.41, 5.74) is 1.77. The third-order valence-electron chi connectivity index (χ3n) is 4.35. The average Bonchev–Trinajstić information content (AvgIpc) is 2.70. The molecule has 3 rings (SSSR count). The minimum Gasteiger partial charge on any atom is -0.493 e. The molecule has 0 unspecified atom stereocenters. The van der Waals surface area contributed by atoms with Crippen molar-refractivity contribution in [1.29, 1.82) is 0 Å². The Labute approximate surface area is 158 Å². The summed E-state index contributed by atoms with van der Waals surface area (Å²) in [5.74, 6) is -0.119. The molecular weight excluding hydrogens is 343 g/mol. The summed E-state index contributed by atoms with van der Waals surface area (Å²) in [4.78, 5) is 16.6. The van der Waals surface area contributed by atoms with Gasteiger partial charge in [0.25, 0.3) is 5.91 Å². The predicted octanol–water partition coefficient (Wildman–Crippen LogP) is 4.87. The van der Waals surface area contributed by atoms with Crippen LogP contribution in [-0.4, -0.2) is 17.5 Å². The van der Waals surface area contributed by atoms with Gasteiger partial charge in [-0.3, -0.25) is 9.78 Å². The first kappa shape index (κ1) is 18.8. The van der Waals surface area contributed by atoms with Crippen LogP contribution in [0.2, 0.25) is 0 Å². The predicted molar refractivity (Wildman–Crippen MR) is 104 cm³/mol. The molecule has 3 aromatic rings. The van der Waals surface area contributed by atoms with Gasteiger partial charge in [0, 0.05) is 35.3 Å². The fourth-order valence-corrected chi connectivity index (χ4v) is 2.80. The van der Waals surface area contributed by atoms with Gasteiger partial charge in [-0.05, 0) is 36.8 Å². The summed E-state index contributed by atoms with van der Waals surface area (Å²) in [6.07, 6.45) is 4.88. The van der Waals surface area contributed by atoms with Gasteiger partial charge in [0.2, 0.25) is 0 Å². The monoisotopic (exact) mass is 366 g/mol. The Morgan fingerprint density at radius 2 is 2.04 bits per heavy atom. The van der Waals surface area contributed by atoms with E-state index in [9.17, 15) is 9.18 Å². The van der Waals surface area contributed by atoms with Crippen molar-refractivity contribution in [2.75, 3.05) is 6.61 Å². The lowest BCUT2D eigenvalue weighted by Gasteiger charge is -2.10. The largest absolute Gasteiger partial charge is 0.493 e. The van der Waals surface area contributed by atoms with Crippen LogP contribution in [-0.2, 0) is 6.54 Å². The average molecular weight is 366 g/mol. The van der Waals surface area contributed by atoms with Crippen molar-refractivity contribution in [1.82, 2.24) is 10.3 Å². The first-order chi connectivity index (χ1) is 13.2. The first-order valence-corrected chi connectivity index (χ1v) is 9.21. The van der Waals surface area contributed by atoms with Gasteiger partial charge in [0.1, 0.15) is 11.6 Å². The zero-order valence-corrected chi connectivity index (χ0v) is 15.4. The number of carbonyl (C=O) groups excluding carboxylic acids is 1. The third-order valence-corrected chi connectivity index (χ3v) is 4.35. The van der Waals surface area contributed by atoms with Crippen molar-refractivity contribution < 1.29 is 13.9 Å². The van der Waals surface area contributed by atoms with Crippen molar-refractivity contribution in [3.8, 4) is 5.75 Å². The van der Waals surface area contributed by atoms with Crippen molar-refractivity contribution in [3.63, 3.8) is 0 Å². The summed E-state index contributed by atoms with van der Waals surface area (Å²) < 4.78 is 19.8. The number of unbranched alkanes of at least 4 members (excludes halogenated alkanes) is 2. The number of hydrogen-bond acceptors (Lipinski definition) is 3. The molecule has 0 saturated carbocycles. The lowest BCUT2D eigenvalue weighted by atomic mass is 10.1. The summed E-state index contributed by atoms with van der Waals surface area (Å²) in [6, 6.07) is 13.8. The van der Waals surface area contributed by atoms with Crippen LogP contribution in [0.1, 0.15) is 42.1 Å². The van der Waals surface area contributed by atoms with Crippen LogP contribution in [0, 0.1) is 5.82 Å². The smallest absolute Gasteiger partial charge is 0.251 e. The Morgan fingerprint density at radius 3 is 2.85 bits per heavy atom. The second-order valence-electron chi connectivity index (χ2n) is 6.40. The van der Waals surface area contributed by atoms with E-state index in [0.29, 0.717) is 23.5 Å². The highest BCUT2D eigenvalue weighted by molar-refractivity contribution is 5.97. The van der Waals surface area contributed by atoms with Crippen LogP contribution in [0.25, 0.3) is 10.9 Å². The molecule has 0 bridgehead atoms. The summed E-state index contributed by atoms with van der Waals surface area (Å²) >= 11 is 0. The maximum absolute atomic E-state index is 14.2. The molecule has 1 amide bonds. The highest BCUT2D eigenvalue weighted by Gasteiger charge is 2.09. The normalized spacial score (nSPS) is 10.7. The number of aromatic nitrogens is 1. The molecule has 0 radical (unpaired) electrons. The maximum atomic E-state index is 14.2. The molecular formula is C22H23FN2O2. The van der Waals surface area contributed by atoms with Crippen LogP contribution < -0.4 is 10.1 Å². The van der Waals surface area contributed by atoms with E-state index in [1.54, 1.807) is 36.5 Å². The fraction of sp³-hybridized carbons (Fsp3) is 0.273. The van der Waals surface area contributed by atoms with Crippen LogP contribution in [0.15, 0.2) is 54.7 Å². The Hall–Kier alpha value is -2.95. The van der Waals surface area contributed by atoms with Crippen molar-refractivity contribution >= 4 is 16.8 Å². The molecule has 0 fully saturated rings. The molecule has 5 heteroatoms. The molecule has 27 heavy (non-hydrogen) atoms. The van der Waals surface area contributed by atoms with E-state index in [4.69, 9.17) is 4.74 Å². The third kappa shape index (κ3) is 5.03. The SMILES string of the molecule is CCCCCOc1ccc(CNC(=O)c2ccc3ncccc3c2)c(F)c1. The van der Waals surface area contributed by atoms with Gasteiger partial charge in [0.15, 0.2) is 0 Å². The molecule has 1 heterocycles. The highest BCUT2D eigenvalue weighted by atomic mass is 19.1. The standard InChI is InChI=1S/C22H23FN2O2/c1-2-3-4-12-27-19-9-7-18(20(23)14-19)15-25-22(26)17-8-10-21-16(13-17)6-5-11-24-21/h5-11,13-14H,2-4,12,15H2,1H3,(H,25,26). The molecule has 1 aromatic heterocycles. The number of ether oxygens (including phenoxy) is 1. The van der Waals surface area contributed by atoms with Gasteiger partial charge in [-0.1, -0.05) is 31.9 Å². The zero-order valence-electron chi connectivity index (χ0n) is 15.4. The van der Waals surface area contributed by atoms with Crippen molar-refractivity contribution in [2.45, 2.75) is 32.7 Å². The van der Waals surface area contributed by atoms with E-state index in [2.05, 4.69) is 17.2 Å². The zero-order chi connectivity index (χ0) is 19.1. The molecule has 0 spiro atoms. The number of nitrogens with zero attached hydrogens (tertiary/aromatic N) is 1. The number of nitrogens with one attached hydrogen (secondary N) is 1. The van der Waals surface area contributed by atoms with Crippen LogP contribution in [0.3, 0.4) is 0 Å². The van der Waals surface area contributed by atoms with Gasteiger partial charge >= 0.3 is 0 Å². The van der Waals surface area contributed by atoms with E-state index < -0.39 is 0 Å². The molecule has 0 aliphatic heterocycles. The lowest BCUT2D eigenvalue weighted by molar-refractivity contribution is 0.0950. The number of pyridine rings is 1. The molecule has 0 aliphatic carbocycles. The minimum atomic E-state index is -0.383. The van der Waals surface area contributed by atoms with Gasteiger partial charge in [-0.25, -0.2) is 4.39 Å². The second kappa shape index (κ2) is 9.12. The van der Waals surface area contributed by atoms with Crippen molar-refractivity contribution in [2.24, 2.45) is 0 Å². The number of hydrogen-bond donors (Lipinski definition) is 1. The van der Waals surface area contributed by atoms with E-state index >= 15 is 0 Å². The van der Waals surface area contributed by atoms with Crippen LogP contribution in [0.5, 0.6) is 5.75 Å². The molecule has 0 aliphatic rings. The summed E-state index contributed by atoms with van der Waals surface area (Å²) in [6.45, 7) is 2.82. The first-order valence-electron chi connectivity index (χ1n) is 9.21. The lowest BCUT2D eigenvalue weighted by Crippen LogP contribution is -2.23. The van der Waals surface area contributed by atoms with E-state index in [0.717, 1.165) is 30.2 Å². The number of fused-ring (bicyclic) bond motifs is 1. The van der Waals surface area contributed by atoms with Gasteiger partial charge < -0.3 is 10.1 Å². The fourth-order valence-electron chi connectivity index (χ4n) is 2.80. The highest BCUT2D eigenvalue weighted by Crippen LogP contribution is 2.18. The Bertz CT molecular complexity index is 927. The van der Waals surface area contributed by atoms with Gasteiger partial charge in [-0.2, -0.15) is 0 Å². The molecule has 1 N–H and O–H groups in total. The Balaban J connectivity index is 1.59. The number of halogens is 1. The molecule has 0 atom stereocenters. The van der Waals surface area contributed by atoms with Gasteiger partial charge in [0.05, 0.1) is 12.1 Å². The number of benzene rings is 2. The number of carbonyl (C=O) groups is 1. The van der Waals surface area contributed by atoms with E-state index in [1.807, 2.05) is 12.1 Å². The van der Waals surface area contributed by atoms with Crippen LogP contribution in [0.4, 0.5) is 4.39 Å². The molecule has 2 aromatic carbocycles. The van der Waals surface area contributed by atoms with Gasteiger partial charge in [-0.15, -0.1) is 0 Å². The Kier molecular flexibility index (Phi) is 6.36. The topological polar surface area (TPSA) is 51.2 Å². The number of rotatable bonds is 8. The molecule has 4 nitrogen and oxygen atoms in total. The Morgan fingerprint density at radius 1 is 1.15 bits per heavy atom. The van der Waals surface area contributed by atoms with E-state index in [-0.39, 0.29) is 18.3 Å². The minimum absolute atomic E-state index is 0.117.